The highest BCUT2D eigenvalue weighted by atomic mass is 32.1. The summed E-state index contributed by atoms with van der Waals surface area (Å²) in [6, 6.07) is -3.51. The van der Waals surface area contributed by atoms with Crippen LogP contribution in [-0.2, 0) is 67.0 Å². The van der Waals surface area contributed by atoms with Crippen molar-refractivity contribution in [1.82, 2.24) is 50.7 Å². The Labute approximate surface area is 595 Å². The van der Waals surface area contributed by atoms with E-state index in [2.05, 4.69) is 26.6 Å². The minimum absolute atomic E-state index is 0.00438. The molecule has 0 saturated heterocycles. The number of benzene rings is 1. The van der Waals surface area contributed by atoms with Crippen LogP contribution < -0.4 is 32.3 Å². The van der Waals surface area contributed by atoms with Crippen molar-refractivity contribution in [2.24, 2.45) is 47.2 Å². The normalized spacial score (nSPS) is 15.9. The quantitative estimate of drug-likeness (QED) is 0.0209. The van der Waals surface area contributed by atoms with Crippen LogP contribution in [0.2, 0.25) is 0 Å². The van der Waals surface area contributed by atoms with Gasteiger partial charge in [0.15, 0.2) is 10.9 Å². The molecule has 0 aliphatic rings. The lowest BCUT2D eigenvalue weighted by atomic mass is 9.74. The molecule has 0 bridgehead atoms. The van der Waals surface area contributed by atoms with E-state index in [1.54, 1.807) is 72.6 Å². The van der Waals surface area contributed by atoms with Gasteiger partial charge >= 0.3 is 11.9 Å². The van der Waals surface area contributed by atoms with E-state index >= 15 is 19.2 Å². The van der Waals surface area contributed by atoms with Gasteiger partial charge in [-0.05, 0) is 132 Å². The first kappa shape index (κ1) is 89.6. The van der Waals surface area contributed by atoms with Crippen LogP contribution in [0.3, 0.4) is 0 Å². The van der Waals surface area contributed by atoms with Crippen molar-refractivity contribution in [3.8, 4) is 0 Å². The van der Waals surface area contributed by atoms with Crippen molar-refractivity contribution < 1.29 is 67.0 Å². The Morgan fingerprint density at radius 3 is 1.43 bits per heavy atom. The Bertz CT molecular complexity index is 2950. The molecular formula is C72H122N12O14S. The summed E-state index contributed by atoms with van der Waals surface area (Å²) in [7, 11) is 10.6. The fraction of sp³-hybridized carbons (Fsp3) is 0.708. The van der Waals surface area contributed by atoms with Crippen LogP contribution in [0.25, 0.3) is 0 Å². The first-order valence-electron chi connectivity index (χ1n) is 34.6. The molecule has 13 atom stereocenters. The summed E-state index contributed by atoms with van der Waals surface area (Å²) in [6.45, 7) is 30.7. The second-order valence-corrected chi connectivity index (χ2v) is 29.0. The number of esters is 2. The number of methoxy groups -OCH3 is 1. The number of rotatable bonds is 40. The molecule has 1 aromatic rings. The topological polar surface area (TPSA) is 329 Å². The van der Waals surface area contributed by atoms with Gasteiger partial charge in [0.2, 0.25) is 53.0 Å². The van der Waals surface area contributed by atoms with Gasteiger partial charge in [-0.15, -0.1) is 0 Å². The van der Waals surface area contributed by atoms with E-state index in [4.69, 9.17) is 27.4 Å². The number of ketones is 2. The Morgan fingerprint density at radius 2 is 1.00 bits per heavy atom. The van der Waals surface area contributed by atoms with Gasteiger partial charge in [-0.25, -0.2) is 4.79 Å². The molecule has 0 aliphatic carbocycles. The van der Waals surface area contributed by atoms with Crippen LogP contribution >= 0.6 is 12.2 Å². The van der Waals surface area contributed by atoms with E-state index < -0.39 is 161 Å². The summed E-state index contributed by atoms with van der Waals surface area (Å²) >= 11 is 5.72. The van der Waals surface area contributed by atoms with Crippen LogP contribution in [-0.4, -0.2) is 234 Å². The zero-order chi connectivity index (χ0) is 76.6. The number of Topliss-reactive ketones (excluding diaryl/α,β-unsaturated/α-hetero) is 2. The van der Waals surface area contributed by atoms with Crippen molar-refractivity contribution in [1.29, 1.82) is 0 Å². The van der Waals surface area contributed by atoms with E-state index in [1.807, 2.05) is 85.7 Å². The van der Waals surface area contributed by atoms with Crippen LogP contribution in [0, 0.1) is 41.4 Å². The number of ether oxygens (including phenoxy) is 2. The van der Waals surface area contributed by atoms with Gasteiger partial charge in [0.05, 0.1) is 19.2 Å². The number of amides is 8. The molecule has 26 nitrogen and oxygen atoms in total. The van der Waals surface area contributed by atoms with E-state index in [9.17, 15) is 38.4 Å². The molecule has 7 N–H and O–H groups in total. The van der Waals surface area contributed by atoms with Gasteiger partial charge in [0, 0.05) is 54.9 Å². The number of para-hydroxylation sites is 1. The zero-order valence-electron chi connectivity index (χ0n) is 64.1. The Kier molecular flexibility index (Phi) is 37.5. The van der Waals surface area contributed by atoms with Gasteiger partial charge in [0.1, 0.15) is 54.4 Å². The van der Waals surface area contributed by atoms with Crippen LogP contribution in [0.1, 0.15) is 163 Å². The molecule has 0 heterocycles. The second kappa shape index (κ2) is 41.4. The van der Waals surface area contributed by atoms with E-state index in [-0.39, 0.29) is 55.8 Å². The lowest BCUT2D eigenvalue weighted by Gasteiger charge is -2.45. The highest BCUT2D eigenvalue weighted by Gasteiger charge is 2.64. The maximum atomic E-state index is 16.0. The molecule has 0 radical (unpaired) electrons. The van der Waals surface area contributed by atoms with Gasteiger partial charge in [-0.3, -0.25) is 52.7 Å². The van der Waals surface area contributed by atoms with Crippen molar-refractivity contribution in [2.75, 3.05) is 61.8 Å². The number of carbonyl (C=O) groups excluding carboxylic acids is 12. The number of carbonyl (C=O) groups is 12. The molecule has 27 heteroatoms. The number of allylic oxidation sites excluding steroid dienone is 2. The third-order valence-electron chi connectivity index (χ3n) is 17.9. The Hall–Kier alpha value is -7.39. The number of nitrogens with one attached hydrogen (secondary N) is 5. The Balaban J connectivity index is 3.81. The molecule has 0 saturated carbocycles. The summed E-state index contributed by atoms with van der Waals surface area (Å²) in [5, 5.41) is 14.7. The zero-order valence-corrected chi connectivity index (χ0v) is 64.9. The van der Waals surface area contributed by atoms with Gasteiger partial charge in [-0.1, -0.05) is 127 Å². The molecule has 99 heavy (non-hydrogen) atoms. The largest absolute Gasteiger partial charge is 0.467 e. The predicted octanol–water partition coefficient (Wildman–Crippen LogP) is 5.35. The van der Waals surface area contributed by atoms with E-state index in [1.165, 1.54) is 63.8 Å². The number of hydrogen-bond acceptors (Lipinski definition) is 17. The summed E-state index contributed by atoms with van der Waals surface area (Å²) < 4.78 is 11.1. The van der Waals surface area contributed by atoms with Crippen molar-refractivity contribution in [2.45, 2.75) is 235 Å². The molecule has 12 unspecified atom stereocenters. The number of nitrogens with two attached hydrogens (primary N) is 1. The summed E-state index contributed by atoms with van der Waals surface area (Å²) in [5.41, 5.74) is 3.86. The number of nitrogens with zero attached hydrogens (tertiary/aromatic N) is 6. The number of hydrogen-bond donors (Lipinski definition) is 6. The summed E-state index contributed by atoms with van der Waals surface area (Å²) in [5.74, 6) is -12.8. The van der Waals surface area contributed by atoms with E-state index in [0.717, 1.165) is 31.7 Å². The lowest BCUT2D eigenvalue weighted by molar-refractivity contribution is -0.175. The molecule has 0 aromatic heterocycles. The van der Waals surface area contributed by atoms with Crippen molar-refractivity contribution in [3.63, 3.8) is 0 Å². The SMILES string of the molecule is CC=CCC(C)C(OC(C)=O)C(NC)C(=O)[C@@](C(=O)OC)(C(=O)C(C(C)C)N(C)C(=O)C(CC(C)C)N(C)C(=O)C(CC(C)C)N(C)C(=O)C(C)NC(=O)C(C)NC(=O)C(CC(C)C)N(C)C(=O)C(NC(=O)C(CC(C)C)N(C)C(=S)Nc1ccccc1)C(C)C)N(C)C(=O)C(N)CC. The summed E-state index contributed by atoms with van der Waals surface area (Å²) in [6.07, 6.45) is 3.17. The minimum Gasteiger partial charge on any atom is -0.467 e. The van der Waals surface area contributed by atoms with Gasteiger partial charge in [-0.2, -0.15) is 0 Å². The molecule has 0 aliphatic heterocycles. The van der Waals surface area contributed by atoms with Crippen LogP contribution in [0.4, 0.5) is 5.69 Å². The molecule has 0 fully saturated rings. The third-order valence-corrected chi connectivity index (χ3v) is 18.3. The maximum Gasteiger partial charge on any atom is 0.347 e. The van der Waals surface area contributed by atoms with Crippen molar-refractivity contribution in [3.05, 3.63) is 42.5 Å². The molecule has 560 valence electrons. The highest BCUT2D eigenvalue weighted by molar-refractivity contribution is 7.80. The maximum absolute atomic E-state index is 16.0. The number of likely N-dealkylation sites (N-methyl/N-ethyl adjacent to an activating group) is 7. The smallest absolute Gasteiger partial charge is 0.347 e. The standard InChI is InChI=1S/C72H122N12O14S/c1-27-29-33-46(15)59(98-49(18)85)57(74-19)60(86)72(70(96)97-26,84(25)66(92)51(73)28-2)61(87)58(45(13)14)83(24)68(94)55(39-43(9)10)81(22)67(93)54(38-42(7)8)80(21)65(91)48(17)76-62(88)47(16)75-63(89)52(36-40(3)4)79(20)69(95)56(44(11)12)78-64(90)53(37-41(5)6)82(23)71(99)77-50-34-31-30-32-35-50/h27,29-32,34-35,40-48,51-59,74H,28,33,36-39,73H2,1-26H3,(H,75,89)(H,76,88)(H,77,99)(H,78,90)/t46?,47?,48?,51?,52?,53?,54?,55?,56?,57?,58?,59?,72-/m0/s1. The molecular weight excluding hydrogens is 1290 g/mol. The Morgan fingerprint density at radius 1 is 0.556 bits per heavy atom. The highest BCUT2D eigenvalue weighted by Crippen LogP contribution is 2.33. The third kappa shape index (κ3) is 24.4. The molecule has 0 spiro atoms. The average molecular weight is 1410 g/mol. The first-order chi connectivity index (χ1) is 45.9. The monoisotopic (exact) mass is 1410 g/mol. The molecule has 1 rings (SSSR count). The second-order valence-electron chi connectivity index (χ2n) is 28.6. The molecule has 8 amide bonds. The van der Waals surface area contributed by atoms with Gasteiger partial charge < -0.3 is 71.2 Å². The van der Waals surface area contributed by atoms with Crippen LogP contribution in [0.5, 0.6) is 0 Å². The average Bonchev–Trinajstić information content (AvgIpc) is 0.733. The summed E-state index contributed by atoms with van der Waals surface area (Å²) in [4.78, 5) is 183. The fourth-order valence-corrected chi connectivity index (χ4v) is 12.3. The lowest BCUT2D eigenvalue weighted by Crippen LogP contribution is -2.75. The minimum atomic E-state index is -3.18. The first-order valence-corrected chi connectivity index (χ1v) is 35.0. The fourth-order valence-electron chi connectivity index (χ4n) is 12.0. The molecule has 1 aromatic carbocycles. The van der Waals surface area contributed by atoms with Crippen LogP contribution in [0.15, 0.2) is 42.5 Å². The van der Waals surface area contributed by atoms with Crippen molar-refractivity contribution >= 4 is 93.8 Å². The number of anilines is 1. The van der Waals surface area contributed by atoms with Gasteiger partial charge in [0.25, 0.3) is 5.54 Å². The predicted molar refractivity (Wildman–Crippen MR) is 388 cm³/mol. The van der Waals surface area contributed by atoms with E-state index in [0.29, 0.717) is 16.4 Å². The number of thiocarbonyl (C=S) groups is 1.